The summed E-state index contributed by atoms with van der Waals surface area (Å²) < 4.78 is 0. The van der Waals surface area contributed by atoms with E-state index in [2.05, 4.69) is 65.9 Å². The van der Waals surface area contributed by atoms with Crippen LogP contribution in [-0.4, -0.2) is 13.1 Å². The average Bonchev–Trinajstić information content (AvgIpc) is 2.26. The summed E-state index contributed by atoms with van der Waals surface area (Å²) in [5.41, 5.74) is 2.66. The van der Waals surface area contributed by atoms with E-state index < -0.39 is 0 Å². The van der Waals surface area contributed by atoms with Crippen molar-refractivity contribution >= 4 is 21.6 Å². The summed E-state index contributed by atoms with van der Waals surface area (Å²) in [6.45, 7) is 8.93. The molecule has 1 aromatic rings. The molecule has 0 spiro atoms. The van der Waals surface area contributed by atoms with E-state index in [9.17, 15) is 0 Å². The number of hydrogen-bond donors (Lipinski definition) is 0. The number of rotatable bonds is 5. The monoisotopic (exact) mass is 269 g/mol. The lowest BCUT2D eigenvalue weighted by atomic mass is 10.1. The molecule has 0 aromatic heterocycles. The topological polar surface area (TPSA) is 3.24 Å². The zero-order chi connectivity index (χ0) is 11.3. The summed E-state index contributed by atoms with van der Waals surface area (Å²) in [6.07, 6.45) is 0. The number of anilines is 1. The smallest absolute Gasteiger partial charge is 0.0366 e. The summed E-state index contributed by atoms with van der Waals surface area (Å²) in [5.74, 6) is 0.709. The van der Waals surface area contributed by atoms with E-state index in [1.165, 1.54) is 11.3 Å². The van der Waals surface area contributed by atoms with Gasteiger partial charge in [0.2, 0.25) is 0 Å². The quantitative estimate of drug-likeness (QED) is 0.729. The third-order valence-corrected chi connectivity index (χ3v) is 3.07. The second kappa shape index (κ2) is 6.16. The highest BCUT2D eigenvalue weighted by atomic mass is 79.9. The van der Waals surface area contributed by atoms with Crippen LogP contribution in [0.2, 0.25) is 0 Å². The summed E-state index contributed by atoms with van der Waals surface area (Å²) in [6, 6.07) is 8.80. The molecule has 15 heavy (non-hydrogen) atoms. The van der Waals surface area contributed by atoms with Crippen molar-refractivity contribution in [3.63, 3.8) is 0 Å². The third-order valence-electron chi connectivity index (χ3n) is 2.42. The van der Waals surface area contributed by atoms with Crippen LogP contribution < -0.4 is 4.90 Å². The van der Waals surface area contributed by atoms with Gasteiger partial charge in [0.1, 0.15) is 0 Å². The molecular weight excluding hydrogens is 250 g/mol. The number of nitrogens with zero attached hydrogens (tertiary/aromatic N) is 1. The van der Waals surface area contributed by atoms with Gasteiger partial charge in [-0.25, -0.2) is 0 Å². The van der Waals surface area contributed by atoms with Gasteiger partial charge in [-0.2, -0.15) is 0 Å². The summed E-state index contributed by atoms with van der Waals surface area (Å²) >= 11 is 3.46. The maximum Gasteiger partial charge on any atom is 0.0366 e. The van der Waals surface area contributed by atoms with Gasteiger partial charge in [-0.1, -0.05) is 41.9 Å². The van der Waals surface area contributed by atoms with E-state index >= 15 is 0 Å². The van der Waals surface area contributed by atoms with Crippen LogP contribution in [0.3, 0.4) is 0 Å². The molecule has 0 atom stereocenters. The molecule has 0 heterocycles. The number of halogens is 1. The fraction of sp³-hybridized carbons (Fsp3) is 0.538. The molecule has 0 saturated carbocycles. The van der Waals surface area contributed by atoms with Crippen molar-refractivity contribution < 1.29 is 0 Å². The molecule has 2 heteroatoms. The molecule has 0 bridgehead atoms. The summed E-state index contributed by atoms with van der Waals surface area (Å²) in [4.78, 5) is 2.42. The van der Waals surface area contributed by atoms with Crippen molar-refractivity contribution in [1.29, 1.82) is 0 Å². The van der Waals surface area contributed by atoms with Crippen molar-refractivity contribution in [2.75, 3.05) is 18.0 Å². The van der Waals surface area contributed by atoms with Crippen LogP contribution in [-0.2, 0) is 5.33 Å². The van der Waals surface area contributed by atoms with Gasteiger partial charge in [0.05, 0.1) is 0 Å². The van der Waals surface area contributed by atoms with E-state index in [0.717, 1.165) is 18.4 Å². The fourth-order valence-electron chi connectivity index (χ4n) is 1.65. The second-order valence-electron chi connectivity index (χ2n) is 4.23. The van der Waals surface area contributed by atoms with Crippen LogP contribution in [0.4, 0.5) is 5.69 Å². The SMILES string of the molecule is CCN(CC(C)C)c1ccc(CBr)cc1. The first-order valence-electron chi connectivity index (χ1n) is 5.57. The van der Waals surface area contributed by atoms with Gasteiger partial charge in [-0.15, -0.1) is 0 Å². The number of alkyl halides is 1. The molecule has 0 aliphatic carbocycles. The molecular formula is C13H20BrN. The average molecular weight is 270 g/mol. The number of hydrogen-bond acceptors (Lipinski definition) is 1. The van der Waals surface area contributed by atoms with Gasteiger partial charge >= 0.3 is 0 Å². The van der Waals surface area contributed by atoms with Gasteiger partial charge in [0.25, 0.3) is 0 Å². The largest absolute Gasteiger partial charge is 0.372 e. The Morgan fingerprint density at radius 1 is 1.20 bits per heavy atom. The van der Waals surface area contributed by atoms with Crippen LogP contribution in [0.1, 0.15) is 26.3 Å². The first-order chi connectivity index (χ1) is 7.17. The van der Waals surface area contributed by atoms with Crippen molar-refractivity contribution in [3.05, 3.63) is 29.8 Å². The predicted molar refractivity (Wildman–Crippen MR) is 71.8 cm³/mol. The minimum atomic E-state index is 0.709. The number of benzene rings is 1. The molecule has 0 radical (unpaired) electrons. The van der Waals surface area contributed by atoms with Gasteiger partial charge in [-0.3, -0.25) is 0 Å². The molecule has 0 aliphatic heterocycles. The zero-order valence-electron chi connectivity index (χ0n) is 9.83. The van der Waals surface area contributed by atoms with Crippen LogP contribution in [0.15, 0.2) is 24.3 Å². The molecule has 1 nitrogen and oxygen atoms in total. The van der Waals surface area contributed by atoms with Crippen molar-refractivity contribution in [1.82, 2.24) is 0 Å². The minimum Gasteiger partial charge on any atom is -0.372 e. The van der Waals surface area contributed by atoms with Gasteiger partial charge in [0.15, 0.2) is 0 Å². The van der Waals surface area contributed by atoms with Gasteiger partial charge in [0, 0.05) is 24.1 Å². The highest BCUT2D eigenvalue weighted by Gasteiger charge is 2.05. The Morgan fingerprint density at radius 2 is 1.80 bits per heavy atom. The third kappa shape index (κ3) is 3.86. The molecule has 1 rings (SSSR count). The Morgan fingerprint density at radius 3 is 2.20 bits per heavy atom. The lowest BCUT2D eigenvalue weighted by molar-refractivity contribution is 0.619. The molecule has 0 aliphatic rings. The van der Waals surface area contributed by atoms with Gasteiger partial charge in [-0.05, 0) is 30.5 Å². The van der Waals surface area contributed by atoms with Crippen molar-refractivity contribution in [3.8, 4) is 0 Å². The van der Waals surface area contributed by atoms with Crippen molar-refractivity contribution in [2.24, 2.45) is 5.92 Å². The van der Waals surface area contributed by atoms with Gasteiger partial charge < -0.3 is 4.90 Å². The Labute approximate surface area is 102 Å². The molecule has 0 N–H and O–H groups in total. The van der Waals surface area contributed by atoms with E-state index in [-0.39, 0.29) is 0 Å². The maximum absolute atomic E-state index is 3.46. The minimum absolute atomic E-state index is 0.709. The van der Waals surface area contributed by atoms with E-state index in [4.69, 9.17) is 0 Å². The van der Waals surface area contributed by atoms with E-state index in [1.807, 2.05) is 0 Å². The zero-order valence-corrected chi connectivity index (χ0v) is 11.4. The Hall–Kier alpha value is -0.500. The second-order valence-corrected chi connectivity index (χ2v) is 4.79. The molecule has 0 unspecified atom stereocenters. The van der Waals surface area contributed by atoms with E-state index in [0.29, 0.717) is 5.92 Å². The predicted octanol–water partition coefficient (Wildman–Crippen LogP) is 4.06. The van der Waals surface area contributed by atoms with Crippen LogP contribution in [0, 0.1) is 5.92 Å². The maximum atomic E-state index is 3.46. The summed E-state index contributed by atoms with van der Waals surface area (Å²) in [5, 5.41) is 0.934. The lowest BCUT2D eigenvalue weighted by Gasteiger charge is -2.25. The molecule has 84 valence electrons. The first kappa shape index (κ1) is 12.6. The Kier molecular flexibility index (Phi) is 5.16. The Bertz CT molecular complexity index is 279. The van der Waals surface area contributed by atoms with Crippen molar-refractivity contribution in [2.45, 2.75) is 26.1 Å². The Balaban J connectivity index is 2.74. The van der Waals surface area contributed by atoms with Crippen LogP contribution in [0.5, 0.6) is 0 Å². The highest BCUT2D eigenvalue weighted by Crippen LogP contribution is 2.17. The highest BCUT2D eigenvalue weighted by molar-refractivity contribution is 9.08. The van der Waals surface area contributed by atoms with Crippen LogP contribution >= 0.6 is 15.9 Å². The molecule has 1 aromatic carbocycles. The standard InChI is InChI=1S/C13H20BrN/c1-4-15(10-11(2)3)13-7-5-12(9-14)6-8-13/h5-8,11H,4,9-10H2,1-3H3. The lowest BCUT2D eigenvalue weighted by Crippen LogP contribution is -2.27. The van der Waals surface area contributed by atoms with Crippen LogP contribution in [0.25, 0.3) is 0 Å². The van der Waals surface area contributed by atoms with E-state index in [1.54, 1.807) is 0 Å². The molecule has 0 amide bonds. The first-order valence-corrected chi connectivity index (χ1v) is 6.69. The molecule has 0 saturated heterocycles. The summed E-state index contributed by atoms with van der Waals surface area (Å²) in [7, 11) is 0. The normalized spacial score (nSPS) is 10.7. The fourth-order valence-corrected chi connectivity index (χ4v) is 2.03. The molecule has 0 fully saturated rings.